The summed E-state index contributed by atoms with van der Waals surface area (Å²) in [5.41, 5.74) is 0.994. The van der Waals surface area contributed by atoms with E-state index in [0.29, 0.717) is 19.8 Å². The van der Waals surface area contributed by atoms with Gasteiger partial charge in [-0.1, -0.05) is 11.6 Å². The second kappa shape index (κ2) is 3.05. The summed E-state index contributed by atoms with van der Waals surface area (Å²) in [6.45, 7) is 1.54. The lowest BCUT2D eigenvalue weighted by Crippen LogP contribution is -2.19. The van der Waals surface area contributed by atoms with Crippen LogP contribution in [0.5, 0.6) is 0 Å². The van der Waals surface area contributed by atoms with Gasteiger partial charge in [-0.2, -0.15) is 0 Å². The maximum atomic E-state index is 10.8. The van der Waals surface area contributed by atoms with Gasteiger partial charge in [0.1, 0.15) is 5.69 Å². The van der Waals surface area contributed by atoms with Crippen molar-refractivity contribution in [1.29, 1.82) is 0 Å². The Morgan fingerprint density at radius 2 is 2.46 bits per heavy atom. The highest BCUT2D eigenvalue weighted by Crippen LogP contribution is 2.24. The Labute approximate surface area is 79.7 Å². The van der Waals surface area contributed by atoms with Crippen molar-refractivity contribution in [3.63, 3.8) is 0 Å². The second-order valence-electron chi connectivity index (χ2n) is 2.84. The number of carbonyl (C=O) groups is 1. The number of aromatic carboxylic acids is 1. The highest BCUT2D eigenvalue weighted by atomic mass is 35.5. The largest absolute Gasteiger partial charge is 0.477 e. The first-order valence-electron chi connectivity index (χ1n) is 3.89. The third kappa shape index (κ3) is 1.32. The van der Waals surface area contributed by atoms with E-state index in [1.165, 1.54) is 0 Å². The molecule has 1 aromatic heterocycles. The number of nitrogens with zero attached hydrogens (tertiary/aromatic N) is 1. The van der Waals surface area contributed by atoms with Gasteiger partial charge in [0.25, 0.3) is 0 Å². The van der Waals surface area contributed by atoms with Crippen LogP contribution in [-0.2, 0) is 17.9 Å². The topological polar surface area (TPSA) is 51.5 Å². The molecular weight excluding hydrogens is 194 g/mol. The summed E-state index contributed by atoms with van der Waals surface area (Å²) in [6.07, 6.45) is 0. The molecule has 0 amide bonds. The van der Waals surface area contributed by atoms with E-state index in [-0.39, 0.29) is 10.7 Å². The lowest BCUT2D eigenvalue weighted by Gasteiger charge is -2.16. The first-order valence-corrected chi connectivity index (χ1v) is 4.27. The third-order valence-electron chi connectivity index (χ3n) is 2.05. The molecule has 0 saturated heterocycles. The standard InChI is InChI=1S/C8H8ClNO3/c9-6-3-5-4-13-2-1-10(5)7(6)8(11)12/h3H,1-2,4H2,(H,11,12). The molecule has 0 fully saturated rings. The van der Waals surface area contributed by atoms with Crippen molar-refractivity contribution in [1.82, 2.24) is 4.57 Å². The zero-order valence-electron chi connectivity index (χ0n) is 6.79. The van der Waals surface area contributed by atoms with E-state index in [2.05, 4.69) is 0 Å². The number of aromatic nitrogens is 1. The molecule has 13 heavy (non-hydrogen) atoms. The summed E-state index contributed by atoms with van der Waals surface area (Å²) >= 11 is 5.77. The molecule has 1 aromatic rings. The zero-order valence-corrected chi connectivity index (χ0v) is 7.54. The fraction of sp³-hybridized carbons (Fsp3) is 0.375. The molecule has 2 heterocycles. The van der Waals surface area contributed by atoms with Crippen LogP contribution in [0.15, 0.2) is 6.07 Å². The molecule has 70 valence electrons. The number of carboxylic acid groups (broad SMARTS) is 1. The van der Waals surface area contributed by atoms with Gasteiger partial charge in [-0.15, -0.1) is 0 Å². The molecule has 1 aliphatic rings. The van der Waals surface area contributed by atoms with Crippen molar-refractivity contribution in [2.75, 3.05) is 6.61 Å². The molecule has 0 aliphatic carbocycles. The maximum Gasteiger partial charge on any atom is 0.354 e. The Hall–Kier alpha value is -1.00. The molecule has 0 saturated carbocycles. The molecule has 1 aliphatic heterocycles. The second-order valence-corrected chi connectivity index (χ2v) is 3.25. The minimum atomic E-state index is -0.988. The monoisotopic (exact) mass is 201 g/mol. The number of hydrogen-bond acceptors (Lipinski definition) is 2. The van der Waals surface area contributed by atoms with Gasteiger partial charge >= 0.3 is 5.97 Å². The van der Waals surface area contributed by atoms with Crippen LogP contribution in [-0.4, -0.2) is 22.2 Å². The number of rotatable bonds is 1. The van der Waals surface area contributed by atoms with E-state index in [1.54, 1.807) is 10.6 Å². The van der Waals surface area contributed by atoms with Gasteiger partial charge in [0.15, 0.2) is 0 Å². The molecule has 0 aromatic carbocycles. The van der Waals surface area contributed by atoms with E-state index < -0.39 is 5.97 Å². The Morgan fingerprint density at radius 3 is 3.15 bits per heavy atom. The number of fused-ring (bicyclic) bond motifs is 1. The van der Waals surface area contributed by atoms with Crippen molar-refractivity contribution < 1.29 is 14.6 Å². The minimum Gasteiger partial charge on any atom is -0.477 e. The molecule has 0 spiro atoms. The highest BCUT2D eigenvalue weighted by Gasteiger charge is 2.21. The maximum absolute atomic E-state index is 10.8. The van der Waals surface area contributed by atoms with Crippen LogP contribution < -0.4 is 0 Å². The highest BCUT2D eigenvalue weighted by molar-refractivity contribution is 6.33. The molecule has 4 nitrogen and oxygen atoms in total. The number of hydrogen-bond donors (Lipinski definition) is 1. The first-order chi connectivity index (χ1) is 6.20. The quantitative estimate of drug-likeness (QED) is 0.747. The Kier molecular flexibility index (Phi) is 2.01. The van der Waals surface area contributed by atoms with Crippen LogP contribution in [0, 0.1) is 0 Å². The van der Waals surface area contributed by atoms with Gasteiger partial charge in [0.2, 0.25) is 0 Å². The molecule has 2 rings (SSSR count). The van der Waals surface area contributed by atoms with Crippen molar-refractivity contribution in [3.8, 4) is 0 Å². The Balaban J connectivity index is 2.54. The van der Waals surface area contributed by atoms with Gasteiger partial charge < -0.3 is 14.4 Å². The third-order valence-corrected chi connectivity index (χ3v) is 2.34. The van der Waals surface area contributed by atoms with Gasteiger partial charge in [-0.3, -0.25) is 0 Å². The molecule has 0 atom stereocenters. The van der Waals surface area contributed by atoms with E-state index >= 15 is 0 Å². The molecule has 1 N–H and O–H groups in total. The molecule has 0 unspecified atom stereocenters. The lowest BCUT2D eigenvalue weighted by atomic mass is 10.4. The lowest BCUT2D eigenvalue weighted by molar-refractivity contribution is 0.0646. The normalized spacial score (nSPS) is 15.5. The zero-order chi connectivity index (χ0) is 9.42. The van der Waals surface area contributed by atoms with Crippen molar-refractivity contribution in [3.05, 3.63) is 22.5 Å². The SMILES string of the molecule is O=C(O)c1c(Cl)cc2n1CCOC2. The summed E-state index contributed by atoms with van der Waals surface area (Å²) < 4.78 is 6.86. The van der Waals surface area contributed by atoms with Gasteiger partial charge in [0.05, 0.1) is 18.2 Å². The van der Waals surface area contributed by atoms with E-state index in [4.69, 9.17) is 21.4 Å². The van der Waals surface area contributed by atoms with Crippen LogP contribution in [0.2, 0.25) is 5.02 Å². The van der Waals surface area contributed by atoms with Crippen molar-refractivity contribution in [2.45, 2.75) is 13.2 Å². The number of halogens is 1. The van der Waals surface area contributed by atoms with Crippen LogP contribution in [0.25, 0.3) is 0 Å². The summed E-state index contributed by atoms with van der Waals surface area (Å²) in [5.74, 6) is -0.988. The fourth-order valence-corrected chi connectivity index (χ4v) is 1.80. The van der Waals surface area contributed by atoms with E-state index in [9.17, 15) is 4.79 Å². The van der Waals surface area contributed by atoms with E-state index in [0.717, 1.165) is 5.69 Å². The predicted molar refractivity (Wildman–Crippen MR) is 46.1 cm³/mol. The number of ether oxygens (including phenoxy) is 1. The summed E-state index contributed by atoms with van der Waals surface area (Å²) in [4.78, 5) is 10.8. The summed E-state index contributed by atoms with van der Waals surface area (Å²) in [5, 5.41) is 9.15. The summed E-state index contributed by atoms with van der Waals surface area (Å²) in [7, 11) is 0. The molecule has 5 heteroatoms. The van der Waals surface area contributed by atoms with Crippen LogP contribution in [0.1, 0.15) is 16.2 Å². The fourth-order valence-electron chi connectivity index (χ4n) is 1.49. The predicted octanol–water partition coefficient (Wildman–Crippen LogP) is 1.37. The molecule has 0 bridgehead atoms. The molecule has 0 radical (unpaired) electrons. The van der Waals surface area contributed by atoms with Crippen LogP contribution >= 0.6 is 11.6 Å². The van der Waals surface area contributed by atoms with Crippen molar-refractivity contribution in [2.24, 2.45) is 0 Å². The average molecular weight is 202 g/mol. The van der Waals surface area contributed by atoms with Gasteiger partial charge in [0, 0.05) is 12.2 Å². The number of carboxylic acids is 1. The van der Waals surface area contributed by atoms with Crippen LogP contribution in [0.4, 0.5) is 0 Å². The molecular formula is C8H8ClNO3. The summed E-state index contributed by atoms with van der Waals surface area (Å²) in [6, 6.07) is 1.64. The van der Waals surface area contributed by atoms with E-state index in [1.807, 2.05) is 0 Å². The minimum absolute atomic E-state index is 0.167. The van der Waals surface area contributed by atoms with Gasteiger partial charge in [-0.05, 0) is 6.07 Å². The van der Waals surface area contributed by atoms with Gasteiger partial charge in [-0.25, -0.2) is 4.79 Å². The Bertz CT molecular complexity index is 359. The van der Waals surface area contributed by atoms with Crippen LogP contribution in [0.3, 0.4) is 0 Å². The van der Waals surface area contributed by atoms with Crippen molar-refractivity contribution >= 4 is 17.6 Å². The smallest absolute Gasteiger partial charge is 0.354 e. The average Bonchev–Trinajstić information content (AvgIpc) is 2.39. The Morgan fingerprint density at radius 1 is 1.69 bits per heavy atom. The first kappa shape index (κ1) is 8.59.